The van der Waals surface area contributed by atoms with Crippen LogP contribution in [0.4, 0.5) is 0 Å². The van der Waals surface area contributed by atoms with E-state index in [0.717, 1.165) is 12.1 Å². The lowest BCUT2D eigenvalue weighted by molar-refractivity contribution is 0.0600. The van der Waals surface area contributed by atoms with Gasteiger partial charge in [-0.25, -0.2) is 0 Å². The molecule has 2 aliphatic rings. The fourth-order valence-corrected chi connectivity index (χ4v) is 3.83. The Labute approximate surface area is 122 Å². The van der Waals surface area contributed by atoms with Crippen LogP contribution in [-0.4, -0.2) is 36.2 Å². The molecule has 1 spiro atoms. The topological polar surface area (TPSA) is 35.5 Å². The van der Waals surface area contributed by atoms with Gasteiger partial charge in [-0.15, -0.1) is 0 Å². The van der Waals surface area contributed by atoms with Gasteiger partial charge in [0.15, 0.2) is 0 Å². The van der Waals surface area contributed by atoms with Crippen LogP contribution in [0.25, 0.3) is 0 Å². The molecule has 2 fully saturated rings. The molecule has 2 aliphatic heterocycles. The zero-order chi connectivity index (χ0) is 13.8. The van der Waals surface area contributed by atoms with Gasteiger partial charge in [-0.2, -0.15) is 0 Å². The van der Waals surface area contributed by atoms with Crippen LogP contribution in [0.3, 0.4) is 0 Å². The Balaban J connectivity index is 1.61. The quantitative estimate of drug-likeness (QED) is 0.886. The lowest BCUT2D eigenvalue weighted by Crippen LogP contribution is -2.50. The van der Waals surface area contributed by atoms with Crippen molar-refractivity contribution in [3.8, 4) is 0 Å². The van der Waals surface area contributed by atoms with E-state index < -0.39 is 0 Å². The molecule has 1 unspecified atom stereocenters. The Bertz CT molecular complexity index is 418. The highest BCUT2D eigenvalue weighted by molar-refractivity contribution is 5.22. The highest BCUT2D eigenvalue weighted by Crippen LogP contribution is 2.36. The maximum Gasteiger partial charge on any atom is 0.0681 e. The predicted molar refractivity (Wildman–Crippen MR) is 81.4 cm³/mol. The molecular formula is C17H26N2O. The first-order chi connectivity index (χ1) is 9.80. The molecule has 2 heterocycles. The molecule has 0 radical (unpaired) electrons. The molecule has 3 nitrogen and oxygen atoms in total. The molecule has 0 bridgehead atoms. The van der Waals surface area contributed by atoms with E-state index in [1.807, 2.05) is 12.1 Å². The second kappa shape index (κ2) is 6.25. The van der Waals surface area contributed by atoms with Gasteiger partial charge in [0.2, 0.25) is 0 Å². The van der Waals surface area contributed by atoms with Crippen molar-refractivity contribution in [2.75, 3.05) is 26.2 Å². The number of benzene rings is 1. The second-order valence-electron chi connectivity index (χ2n) is 6.57. The zero-order valence-corrected chi connectivity index (χ0v) is 12.3. The molecule has 110 valence electrons. The van der Waals surface area contributed by atoms with Crippen molar-refractivity contribution in [1.29, 1.82) is 0 Å². The van der Waals surface area contributed by atoms with Gasteiger partial charge in [-0.05, 0) is 55.3 Å². The van der Waals surface area contributed by atoms with Gasteiger partial charge in [-0.1, -0.05) is 24.3 Å². The normalized spacial score (nSPS) is 27.9. The Morgan fingerprint density at radius 3 is 2.55 bits per heavy atom. The molecule has 1 atom stereocenters. The van der Waals surface area contributed by atoms with Crippen molar-refractivity contribution < 1.29 is 5.11 Å². The van der Waals surface area contributed by atoms with Gasteiger partial charge < -0.3 is 10.4 Å². The average Bonchev–Trinajstić information content (AvgIpc) is 2.49. The van der Waals surface area contributed by atoms with Gasteiger partial charge in [0.1, 0.15) is 0 Å². The fourth-order valence-electron chi connectivity index (χ4n) is 3.83. The molecule has 3 rings (SSSR count). The third-order valence-corrected chi connectivity index (χ3v) is 4.91. The molecule has 0 aromatic heterocycles. The van der Waals surface area contributed by atoms with Crippen molar-refractivity contribution >= 4 is 0 Å². The maximum absolute atomic E-state index is 9.10. The number of nitrogens with zero attached hydrogens (tertiary/aromatic N) is 1. The molecule has 1 aromatic rings. The monoisotopic (exact) mass is 274 g/mol. The van der Waals surface area contributed by atoms with Gasteiger partial charge in [-0.3, -0.25) is 4.90 Å². The zero-order valence-electron chi connectivity index (χ0n) is 12.3. The molecule has 2 N–H and O–H groups in total. The van der Waals surface area contributed by atoms with Crippen molar-refractivity contribution in [1.82, 2.24) is 10.2 Å². The van der Waals surface area contributed by atoms with Crippen LogP contribution in [0.15, 0.2) is 24.3 Å². The van der Waals surface area contributed by atoms with E-state index in [4.69, 9.17) is 5.11 Å². The van der Waals surface area contributed by atoms with Crippen molar-refractivity contribution in [2.24, 2.45) is 5.41 Å². The first-order valence-electron chi connectivity index (χ1n) is 7.91. The number of piperidine rings is 2. The summed E-state index contributed by atoms with van der Waals surface area (Å²) < 4.78 is 0. The van der Waals surface area contributed by atoms with E-state index in [1.165, 1.54) is 57.4 Å². The number of aliphatic hydroxyl groups excluding tert-OH is 1. The number of hydrogen-bond donors (Lipinski definition) is 2. The summed E-state index contributed by atoms with van der Waals surface area (Å²) in [6, 6.07) is 8.40. The number of nitrogens with one attached hydrogen (secondary N) is 1. The summed E-state index contributed by atoms with van der Waals surface area (Å²) in [7, 11) is 0. The van der Waals surface area contributed by atoms with E-state index in [0.29, 0.717) is 5.41 Å². The number of rotatable bonds is 3. The number of hydrogen-bond acceptors (Lipinski definition) is 3. The van der Waals surface area contributed by atoms with Crippen LogP contribution in [0.1, 0.15) is 36.8 Å². The highest BCUT2D eigenvalue weighted by atomic mass is 16.3. The Kier molecular flexibility index (Phi) is 4.39. The van der Waals surface area contributed by atoms with Gasteiger partial charge in [0.25, 0.3) is 0 Å². The van der Waals surface area contributed by atoms with E-state index in [1.54, 1.807) is 0 Å². The summed E-state index contributed by atoms with van der Waals surface area (Å²) in [4.78, 5) is 2.62. The van der Waals surface area contributed by atoms with Crippen molar-refractivity contribution in [3.05, 3.63) is 35.4 Å². The standard InChI is InChI=1S/C17H26N2O/c20-12-16-5-3-15(4-6-16)11-19-10-2-8-17(14-19)7-1-9-18-13-17/h3-6,18,20H,1-2,7-14H2. The van der Waals surface area contributed by atoms with Crippen LogP contribution in [0.5, 0.6) is 0 Å². The summed E-state index contributed by atoms with van der Waals surface area (Å²) in [5, 5.41) is 12.7. The van der Waals surface area contributed by atoms with Crippen molar-refractivity contribution in [3.63, 3.8) is 0 Å². The molecule has 1 aromatic carbocycles. The summed E-state index contributed by atoms with van der Waals surface area (Å²) in [5.41, 5.74) is 2.89. The van der Waals surface area contributed by atoms with Crippen LogP contribution < -0.4 is 5.32 Å². The molecule has 20 heavy (non-hydrogen) atoms. The summed E-state index contributed by atoms with van der Waals surface area (Å²) in [6.07, 6.45) is 5.44. The van der Waals surface area contributed by atoms with Gasteiger partial charge in [0, 0.05) is 19.6 Å². The lowest BCUT2D eigenvalue weighted by Gasteiger charge is -2.45. The van der Waals surface area contributed by atoms with Crippen LogP contribution >= 0.6 is 0 Å². The second-order valence-corrected chi connectivity index (χ2v) is 6.57. The van der Waals surface area contributed by atoms with Crippen LogP contribution in [0.2, 0.25) is 0 Å². The predicted octanol–water partition coefficient (Wildman–Crippen LogP) is 2.14. The Morgan fingerprint density at radius 2 is 1.85 bits per heavy atom. The Morgan fingerprint density at radius 1 is 1.10 bits per heavy atom. The summed E-state index contributed by atoms with van der Waals surface area (Å²) in [6.45, 7) is 6.05. The number of aliphatic hydroxyl groups is 1. The molecule has 0 saturated carbocycles. The minimum absolute atomic E-state index is 0.138. The highest BCUT2D eigenvalue weighted by Gasteiger charge is 2.36. The third-order valence-electron chi connectivity index (χ3n) is 4.91. The number of likely N-dealkylation sites (tertiary alicyclic amines) is 1. The molecule has 0 aliphatic carbocycles. The largest absolute Gasteiger partial charge is 0.392 e. The van der Waals surface area contributed by atoms with Crippen molar-refractivity contribution in [2.45, 2.75) is 38.8 Å². The SMILES string of the molecule is OCc1ccc(CN2CCCC3(CCCNC3)C2)cc1. The molecule has 2 saturated heterocycles. The van der Waals surface area contributed by atoms with Crippen LogP contribution in [-0.2, 0) is 13.2 Å². The maximum atomic E-state index is 9.10. The molecular weight excluding hydrogens is 248 g/mol. The smallest absolute Gasteiger partial charge is 0.0681 e. The summed E-state index contributed by atoms with van der Waals surface area (Å²) in [5.74, 6) is 0. The van der Waals surface area contributed by atoms with Crippen LogP contribution in [0, 0.1) is 5.41 Å². The van der Waals surface area contributed by atoms with Gasteiger partial charge >= 0.3 is 0 Å². The fraction of sp³-hybridized carbons (Fsp3) is 0.647. The molecule has 3 heteroatoms. The average molecular weight is 274 g/mol. The van der Waals surface area contributed by atoms with E-state index >= 15 is 0 Å². The van der Waals surface area contributed by atoms with E-state index in [-0.39, 0.29) is 6.61 Å². The minimum atomic E-state index is 0.138. The summed E-state index contributed by atoms with van der Waals surface area (Å²) >= 11 is 0. The van der Waals surface area contributed by atoms with E-state index in [2.05, 4.69) is 22.3 Å². The van der Waals surface area contributed by atoms with E-state index in [9.17, 15) is 0 Å². The lowest BCUT2D eigenvalue weighted by atomic mass is 9.74. The first-order valence-corrected chi connectivity index (χ1v) is 7.91. The minimum Gasteiger partial charge on any atom is -0.392 e. The molecule has 0 amide bonds. The Hall–Kier alpha value is -0.900. The van der Waals surface area contributed by atoms with Gasteiger partial charge in [0.05, 0.1) is 6.61 Å². The third kappa shape index (κ3) is 3.22. The first kappa shape index (κ1) is 14.1.